The summed E-state index contributed by atoms with van der Waals surface area (Å²) in [4.78, 5) is 3.03. The van der Waals surface area contributed by atoms with Crippen LogP contribution in [-0.2, 0) is 12.8 Å². The number of aliphatic hydroxyl groups excluding tert-OH is 1. The molecule has 0 aromatic carbocycles. The Labute approximate surface area is 95.4 Å². The molecule has 0 amide bonds. The molecule has 2 N–H and O–H groups in total. The molecule has 4 nitrogen and oxygen atoms in total. The molecule has 102 valence electrons. The van der Waals surface area contributed by atoms with Crippen molar-refractivity contribution in [1.29, 1.82) is 0 Å². The second-order valence-corrected chi connectivity index (χ2v) is 3.00. The van der Waals surface area contributed by atoms with Crippen molar-refractivity contribution in [2.75, 3.05) is 0 Å². The molecule has 0 saturated heterocycles. The largest absolute Gasteiger partial charge is 0.573 e. The zero-order chi connectivity index (χ0) is 14.1. The summed E-state index contributed by atoms with van der Waals surface area (Å²) in [7, 11) is 0. The minimum Gasteiger partial charge on any atom is -0.505 e. The van der Waals surface area contributed by atoms with Gasteiger partial charge in [-0.15, -0.1) is 13.2 Å². The Balaban J connectivity index is 3.39. The number of hydrogen-bond donors (Lipinski definition) is 2. The lowest BCUT2D eigenvalue weighted by molar-refractivity contribution is -0.276. The minimum atomic E-state index is -5.37. The minimum absolute atomic E-state index is 0.127. The van der Waals surface area contributed by atoms with Crippen LogP contribution in [0.5, 0.6) is 11.5 Å². The summed E-state index contributed by atoms with van der Waals surface area (Å²) in [5.74, 6) is -3.29. The summed E-state index contributed by atoms with van der Waals surface area (Å²) < 4.78 is 76.2. The molecule has 0 unspecified atom stereocenters. The van der Waals surface area contributed by atoms with Gasteiger partial charge >= 0.3 is 12.5 Å². The van der Waals surface area contributed by atoms with E-state index in [0.717, 1.165) is 0 Å². The fourth-order valence-electron chi connectivity index (χ4n) is 1.11. The predicted molar refractivity (Wildman–Crippen MR) is 43.5 cm³/mol. The van der Waals surface area contributed by atoms with Crippen LogP contribution in [0.2, 0.25) is 0 Å². The maximum Gasteiger partial charge on any atom is 0.573 e. The zero-order valence-electron chi connectivity index (χ0n) is 8.30. The van der Waals surface area contributed by atoms with Crippen molar-refractivity contribution in [3.05, 3.63) is 17.5 Å². The number of aromatic hydroxyl groups is 1. The van der Waals surface area contributed by atoms with Gasteiger partial charge in [-0.3, -0.25) is 4.98 Å². The van der Waals surface area contributed by atoms with Gasteiger partial charge in [0.2, 0.25) is 0 Å². The molecule has 1 rings (SSSR count). The fraction of sp³-hybridized carbons (Fsp3) is 0.375. The molecular weight excluding hydrogens is 272 g/mol. The molecule has 0 saturated carbocycles. The van der Waals surface area contributed by atoms with E-state index in [2.05, 4.69) is 9.72 Å². The summed E-state index contributed by atoms with van der Waals surface area (Å²) in [6, 6.07) is 0. The molecule has 1 aromatic heterocycles. The number of aromatic nitrogens is 1. The first-order valence-corrected chi connectivity index (χ1v) is 4.21. The molecule has 0 aliphatic heterocycles. The second-order valence-electron chi connectivity index (χ2n) is 3.00. The van der Waals surface area contributed by atoms with E-state index in [9.17, 15) is 26.3 Å². The van der Waals surface area contributed by atoms with Crippen molar-refractivity contribution >= 4 is 0 Å². The highest BCUT2D eigenvalue weighted by atomic mass is 19.4. The number of aliphatic hydroxyl groups is 1. The normalized spacial score (nSPS) is 12.6. The molecule has 0 aliphatic rings. The van der Waals surface area contributed by atoms with E-state index >= 15 is 0 Å². The number of pyridine rings is 1. The average Bonchev–Trinajstić information content (AvgIpc) is 2.13. The Morgan fingerprint density at radius 3 is 2.11 bits per heavy atom. The summed E-state index contributed by atoms with van der Waals surface area (Å²) in [6.45, 7) is -1.07. The molecule has 10 heteroatoms. The second kappa shape index (κ2) is 4.52. The van der Waals surface area contributed by atoms with Gasteiger partial charge in [0.25, 0.3) is 0 Å². The lowest BCUT2D eigenvalue weighted by Crippen LogP contribution is -2.21. The topological polar surface area (TPSA) is 62.6 Å². The highest BCUT2D eigenvalue weighted by Gasteiger charge is 2.42. The Bertz CT molecular complexity index is 442. The number of hydrogen-bond acceptors (Lipinski definition) is 4. The monoisotopic (exact) mass is 277 g/mol. The SMILES string of the molecule is OCc1ncc(OC(F)(F)F)c(C(F)(F)F)c1O. The third-order valence-corrected chi connectivity index (χ3v) is 1.75. The van der Waals surface area contributed by atoms with Gasteiger partial charge in [-0.2, -0.15) is 13.2 Å². The molecule has 18 heavy (non-hydrogen) atoms. The summed E-state index contributed by atoms with van der Waals surface area (Å²) in [5.41, 5.74) is -2.85. The molecule has 0 radical (unpaired) electrons. The van der Waals surface area contributed by atoms with Gasteiger partial charge in [-0.25, -0.2) is 0 Å². The molecule has 1 aromatic rings. The van der Waals surface area contributed by atoms with Crippen LogP contribution in [0.15, 0.2) is 6.20 Å². The standard InChI is InChI=1S/C8H5F6NO3/c9-7(10,11)5-4(18-8(12,13)14)1-15-3(2-16)6(5)17/h1,16-17H,2H2. The summed E-state index contributed by atoms with van der Waals surface area (Å²) in [6.07, 6.45) is -10.5. The summed E-state index contributed by atoms with van der Waals surface area (Å²) in [5, 5.41) is 17.7. The Morgan fingerprint density at radius 2 is 1.72 bits per heavy atom. The number of alkyl halides is 6. The Morgan fingerprint density at radius 1 is 1.17 bits per heavy atom. The smallest absolute Gasteiger partial charge is 0.505 e. The van der Waals surface area contributed by atoms with Crippen molar-refractivity contribution in [1.82, 2.24) is 4.98 Å². The van der Waals surface area contributed by atoms with Crippen LogP contribution in [0, 0.1) is 0 Å². The number of halogens is 6. The lowest BCUT2D eigenvalue weighted by Gasteiger charge is -2.17. The Hall–Kier alpha value is -1.71. The van der Waals surface area contributed by atoms with Gasteiger partial charge in [0.15, 0.2) is 11.5 Å². The fourth-order valence-corrected chi connectivity index (χ4v) is 1.11. The van der Waals surface area contributed by atoms with Crippen molar-refractivity contribution in [2.45, 2.75) is 19.1 Å². The number of nitrogens with zero attached hydrogens (tertiary/aromatic N) is 1. The van der Waals surface area contributed by atoms with Crippen LogP contribution < -0.4 is 4.74 Å². The van der Waals surface area contributed by atoms with Crippen LogP contribution >= 0.6 is 0 Å². The third kappa shape index (κ3) is 3.15. The van der Waals surface area contributed by atoms with E-state index < -0.39 is 41.9 Å². The first-order chi connectivity index (χ1) is 8.06. The maximum atomic E-state index is 12.5. The van der Waals surface area contributed by atoms with Gasteiger partial charge in [-0.05, 0) is 0 Å². The van der Waals surface area contributed by atoms with E-state index in [-0.39, 0.29) is 6.20 Å². The van der Waals surface area contributed by atoms with Crippen molar-refractivity contribution in [2.24, 2.45) is 0 Å². The van der Waals surface area contributed by atoms with E-state index in [1.54, 1.807) is 0 Å². The van der Waals surface area contributed by atoms with Gasteiger partial charge in [0.05, 0.1) is 12.8 Å². The number of ether oxygens (including phenoxy) is 1. The quantitative estimate of drug-likeness (QED) is 0.813. The van der Waals surface area contributed by atoms with E-state index in [1.807, 2.05) is 0 Å². The number of rotatable bonds is 2. The highest BCUT2D eigenvalue weighted by molar-refractivity contribution is 5.47. The first kappa shape index (κ1) is 14.4. The van der Waals surface area contributed by atoms with Gasteiger partial charge in [0.1, 0.15) is 11.3 Å². The van der Waals surface area contributed by atoms with E-state index in [4.69, 9.17) is 10.2 Å². The lowest BCUT2D eigenvalue weighted by atomic mass is 10.1. The van der Waals surface area contributed by atoms with Crippen LogP contribution in [0.25, 0.3) is 0 Å². The molecule has 0 atom stereocenters. The molecule has 0 aliphatic carbocycles. The van der Waals surface area contributed by atoms with Crippen LogP contribution in [0.1, 0.15) is 11.3 Å². The molecule has 0 bridgehead atoms. The zero-order valence-corrected chi connectivity index (χ0v) is 8.30. The molecule has 0 fully saturated rings. The summed E-state index contributed by atoms with van der Waals surface area (Å²) >= 11 is 0. The molecular formula is C8H5F6NO3. The van der Waals surface area contributed by atoms with E-state index in [1.165, 1.54) is 0 Å². The van der Waals surface area contributed by atoms with E-state index in [0.29, 0.717) is 0 Å². The van der Waals surface area contributed by atoms with Crippen LogP contribution in [-0.4, -0.2) is 21.6 Å². The van der Waals surface area contributed by atoms with Crippen molar-refractivity contribution in [3.8, 4) is 11.5 Å². The van der Waals surface area contributed by atoms with Crippen LogP contribution in [0.3, 0.4) is 0 Å². The Kier molecular flexibility index (Phi) is 3.60. The maximum absolute atomic E-state index is 12.5. The van der Waals surface area contributed by atoms with Gasteiger partial charge in [0, 0.05) is 0 Å². The first-order valence-electron chi connectivity index (χ1n) is 4.21. The highest BCUT2D eigenvalue weighted by Crippen LogP contribution is 2.44. The van der Waals surface area contributed by atoms with Crippen molar-refractivity contribution < 1.29 is 41.3 Å². The van der Waals surface area contributed by atoms with Crippen molar-refractivity contribution in [3.63, 3.8) is 0 Å². The molecule has 0 spiro atoms. The molecule has 1 heterocycles. The third-order valence-electron chi connectivity index (χ3n) is 1.75. The van der Waals surface area contributed by atoms with Crippen LogP contribution in [0.4, 0.5) is 26.3 Å². The van der Waals surface area contributed by atoms with Gasteiger partial charge < -0.3 is 14.9 Å². The van der Waals surface area contributed by atoms with Gasteiger partial charge in [-0.1, -0.05) is 0 Å². The average molecular weight is 277 g/mol. The predicted octanol–water partition coefficient (Wildman–Crippen LogP) is 2.20.